The fraction of sp³-hybridized carbons (Fsp3) is 0.500. The zero-order valence-corrected chi connectivity index (χ0v) is 10.3. The Bertz CT molecular complexity index is 402. The fourth-order valence-corrected chi connectivity index (χ4v) is 2.83. The predicted octanol–water partition coefficient (Wildman–Crippen LogP) is 2.08. The van der Waals surface area contributed by atoms with Crippen LogP contribution in [0, 0.1) is 5.92 Å². The summed E-state index contributed by atoms with van der Waals surface area (Å²) < 4.78 is 0. The number of carboxylic acid groups (broad SMARTS) is 1. The van der Waals surface area contributed by atoms with E-state index in [2.05, 4.69) is 0 Å². The van der Waals surface area contributed by atoms with E-state index in [1.54, 1.807) is 0 Å². The summed E-state index contributed by atoms with van der Waals surface area (Å²) in [5.74, 6) is -0.333. The minimum atomic E-state index is -0.756. The first-order chi connectivity index (χ1) is 8.16. The van der Waals surface area contributed by atoms with E-state index >= 15 is 0 Å². The summed E-state index contributed by atoms with van der Waals surface area (Å²) in [5, 5.41) is 10.5. The zero-order chi connectivity index (χ0) is 12.3. The summed E-state index contributed by atoms with van der Waals surface area (Å²) >= 11 is 1.45. The smallest absolute Gasteiger partial charge is 0.303 e. The molecule has 0 bridgehead atoms. The van der Waals surface area contributed by atoms with Crippen LogP contribution in [0.5, 0.6) is 0 Å². The minimum Gasteiger partial charge on any atom is -0.481 e. The first-order valence-corrected chi connectivity index (χ1v) is 6.59. The molecule has 1 aliphatic rings. The molecular formula is C12H15NO3S. The van der Waals surface area contributed by atoms with Crippen LogP contribution in [0.25, 0.3) is 0 Å². The van der Waals surface area contributed by atoms with Crippen molar-refractivity contribution in [3.8, 4) is 0 Å². The van der Waals surface area contributed by atoms with Crippen molar-refractivity contribution in [3.63, 3.8) is 0 Å². The van der Waals surface area contributed by atoms with Gasteiger partial charge in [-0.25, -0.2) is 0 Å². The largest absolute Gasteiger partial charge is 0.481 e. The first kappa shape index (κ1) is 12.1. The van der Waals surface area contributed by atoms with Gasteiger partial charge in [0, 0.05) is 19.5 Å². The molecule has 1 aromatic heterocycles. The van der Waals surface area contributed by atoms with Crippen LogP contribution in [-0.4, -0.2) is 35.0 Å². The van der Waals surface area contributed by atoms with Gasteiger partial charge in [-0.2, -0.15) is 0 Å². The Labute approximate surface area is 104 Å². The van der Waals surface area contributed by atoms with Crippen molar-refractivity contribution in [2.45, 2.75) is 19.3 Å². The molecule has 92 valence electrons. The summed E-state index contributed by atoms with van der Waals surface area (Å²) in [6, 6.07) is 3.70. The number of aliphatic carboxylic acids is 1. The Hall–Kier alpha value is -1.36. The number of carbonyl (C=O) groups excluding carboxylic acids is 1. The number of likely N-dealkylation sites (tertiary alicyclic amines) is 1. The lowest BCUT2D eigenvalue weighted by Crippen LogP contribution is -2.28. The van der Waals surface area contributed by atoms with E-state index in [0.717, 1.165) is 17.8 Å². The average molecular weight is 253 g/mol. The van der Waals surface area contributed by atoms with E-state index < -0.39 is 5.97 Å². The van der Waals surface area contributed by atoms with Gasteiger partial charge in [0.25, 0.3) is 5.91 Å². The molecule has 2 rings (SSSR count). The maximum absolute atomic E-state index is 12.0. The fourth-order valence-electron chi connectivity index (χ4n) is 2.14. The normalized spacial score (nSPS) is 19.5. The molecule has 1 saturated heterocycles. The molecule has 5 heteroatoms. The van der Waals surface area contributed by atoms with Gasteiger partial charge in [0.1, 0.15) is 0 Å². The van der Waals surface area contributed by atoms with Crippen molar-refractivity contribution in [2.24, 2.45) is 5.92 Å². The number of thiophene rings is 1. The summed E-state index contributed by atoms with van der Waals surface area (Å²) in [6.07, 6.45) is 1.79. The van der Waals surface area contributed by atoms with E-state index in [1.807, 2.05) is 22.4 Å². The molecule has 0 spiro atoms. The summed E-state index contributed by atoms with van der Waals surface area (Å²) in [4.78, 5) is 25.1. The number of hydrogen-bond acceptors (Lipinski definition) is 3. The predicted molar refractivity (Wildman–Crippen MR) is 65.2 cm³/mol. The lowest BCUT2D eigenvalue weighted by Gasteiger charge is -2.15. The minimum absolute atomic E-state index is 0.0813. The quantitative estimate of drug-likeness (QED) is 0.893. The van der Waals surface area contributed by atoms with Gasteiger partial charge in [0.05, 0.1) is 4.88 Å². The molecule has 0 saturated carbocycles. The Kier molecular flexibility index (Phi) is 3.78. The van der Waals surface area contributed by atoms with E-state index in [9.17, 15) is 9.59 Å². The summed E-state index contributed by atoms with van der Waals surface area (Å²) in [5.41, 5.74) is 0. The molecule has 1 unspecified atom stereocenters. The molecule has 0 aromatic carbocycles. The van der Waals surface area contributed by atoms with Crippen molar-refractivity contribution < 1.29 is 14.7 Å². The number of hydrogen-bond donors (Lipinski definition) is 1. The number of carboxylic acids is 1. The monoisotopic (exact) mass is 253 g/mol. The standard InChI is InChI=1S/C12H15NO3S/c14-11(15)4-3-9-5-6-13(8-9)12(16)10-2-1-7-17-10/h1-2,7,9H,3-6,8H2,(H,14,15). The van der Waals surface area contributed by atoms with Crippen LogP contribution in [-0.2, 0) is 4.79 Å². The first-order valence-electron chi connectivity index (χ1n) is 5.71. The maximum atomic E-state index is 12.0. The summed E-state index contributed by atoms with van der Waals surface area (Å²) in [7, 11) is 0. The second-order valence-corrected chi connectivity index (χ2v) is 5.26. The third kappa shape index (κ3) is 3.06. The van der Waals surface area contributed by atoms with E-state index in [0.29, 0.717) is 18.9 Å². The van der Waals surface area contributed by atoms with Crippen LogP contribution in [0.15, 0.2) is 17.5 Å². The van der Waals surface area contributed by atoms with Gasteiger partial charge < -0.3 is 10.0 Å². The van der Waals surface area contributed by atoms with E-state index in [-0.39, 0.29) is 12.3 Å². The Morgan fingerprint density at radius 2 is 2.35 bits per heavy atom. The second-order valence-electron chi connectivity index (χ2n) is 4.32. The maximum Gasteiger partial charge on any atom is 0.303 e. The third-order valence-corrected chi connectivity index (χ3v) is 3.93. The molecule has 0 aliphatic carbocycles. The van der Waals surface area contributed by atoms with Crippen molar-refractivity contribution in [1.82, 2.24) is 4.90 Å². The molecular weight excluding hydrogens is 238 g/mol. The van der Waals surface area contributed by atoms with Crippen molar-refractivity contribution in [2.75, 3.05) is 13.1 Å². The van der Waals surface area contributed by atoms with Gasteiger partial charge in [-0.3, -0.25) is 9.59 Å². The van der Waals surface area contributed by atoms with E-state index in [1.165, 1.54) is 11.3 Å². The van der Waals surface area contributed by atoms with Crippen LogP contribution in [0.2, 0.25) is 0 Å². The van der Waals surface area contributed by atoms with E-state index in [4.69, 9.17) is 5.11 Å². The van der Waals surface area contributed by atoms with Crippen LogP contribution in [0.1, 0.15) is 28.9 Å². The topological polar surface area (TPSA) is 57.6 Å². The highest BCUT2D eigenvalue weighted by Gasteiger charge is 2.27. The van der Waals surface area contributed by atoms with Crippen LogP contribution in [0.3, 0.4) is 0 Å². The van der Waals surface area contributed by atoms with Gasteiger partial charge in [-0.1, -0.05) is 6.07 Å². The Balaban J connectivity index is 1.85. The van der Waals surface area contributed by atoms with Crippen molar-refractivity contribution >= 4 is 23.2 Å². The van der Waals surface area contributed by atoms with Crippen LogP contribution in [0.4, 0.5) is 0 Å². The number of carbonyl (C=O) groups is 2. The Morgan fingerprint density at radius 1 is 1.53 bits per heavy atom. The molecule has 1 N–H and O–H groups in total. The van der Waals surface area contributed by atoms with Crippen LogP contribution >= 0.6 is 11.3 Å². The van der Waals surface area contributed by atoms with Gasteiger partial charge >= 0.3 is 5.97 Å². The molecule has 2 heterocycles. The average Bonchev–Trinajstić information content (AvgIpc) is 2.97. The van der Waals surface area contributed by atoms with Gasteiger partial charge in [-0.15, -0.1) is 11.3 Å². The lowest BCUT2D eigenvalue weighted by atomic mass is 10.0. The van der Waals surface area contributed by atoms with Gasteiger partial charge in [-0.05, 0) is 30.2 Å². The molecule has 1 amide bonds. The molecule has 1 aliphatic heterocycles. The highest BCUT2D eigenvalue weighted by Crippen LogP contribution is 2.23. The molecule has 1 fully saturated rings. The summed E-state index contributed by atoms with van der Waals surface area (Å²) in [6.45, 7) is 1.45. The van der Waals surface area contributed by atoms with Gasteiger partial charge in [0.15, 0.2) is 0 Å². The highest BCUT2D eigenvalue weighted by molar-refractivity contribution is 7.12. The van der Waals surface area contributed by atoms with Crippen molar-refractivity contribution in [1.29, 1.82) is 0 Å². The molecule has 0 radical (unpaired) electrons. The lowest BCUT2D eigenvalue weighted by molar-refractivity contribution is -0.137. The molecule has 4 nitrogen and oxygen atoms in total. The SMILES string of the molecule is O=C(O)CCC1CCN(C(=O)c2cccs2)C1. The number of amides is 1. The Morgan fingerprint density at radius 3 is 3.00 bits per heavy atom. The van der Waals surface area contributed by atoms with Gasteiger partial charge in [0.2, 0.25) is 0 Å². The number of nitrogens with zero attached hydrogens (tertiary/aromatic N) is 1. The second kappa shape index (κ2) is 5.31. The third-order valence-electron chi connectivity index (χ3n) is 3.07. The highest BCUT2D eigenvalue weighted by atomic mass is 32.1. The molecule has 1 atom stereocenters. The van der Waals surface area contributed by atoms with Crippen LogP contribution < -0.4 is 0 Å². The number of rotatable bonds is 4. The van der Waals surface area contributed by atoms with Crippen molar-refractivity contribution in [3.05, 3.63) is 22.4 Å². The molecule has 17 heavy (non-hydrogen) atoms. The molecule has 1 aromatic rings. The zero-order valence-electron chi connectivity index (χ0n) is 9.46.